The Balaban J connectivity index is 1.35. The van der Waals surface area contributed by atoms with Crippen molar-refractivity contribution in [3.63, 3.8) is 0 Å². The third-order valence-electron chi connectivity index (χ3n) is 4.57. The molecular formula is C19H27N3O2. The number of piperidine rings is 1. The Labute approximate surface area is 143 Å². The van der Waals surface area contributed by atoms with Crippen LogP contribution in [0.1, 0.15) is 18.4 Å². The molecule has 24 heavy (non-hydrogen) atoms. The molecule has 1 N–H and O–H groups in total. The average Bonchev–Trinajstić information content (AvgIpc) is 3.01. The van der Waals surface area contributed by atoms with Crippen molar-refractivity contribution in [1.82, 2.24) is 14.7 Å². The van der Waals surface area contributed by atoms with E-state index < -0.39 is 6.10 Å². The number of nitrogens with zero attached hydrogens (tertiary/aromatic N) is 3. The molecule has 1 aliphatic rings. The fourth-order valence-corrected chi connectivity index (χ4v) is 3.24. The molecule has 0 aliphatic carbocycles. The van der Waals surface area contributed by atoms with Gasteiger partial charge in [0.25, 0.3) is 0 Å². The van der Waals surface area contributed by atoms with Crippen LogP contribution in [0.15, 0.2) is 42.7 Å². The summed E-state index contributed by atoms with van der Waals surface area (Å²) >= 11 is 0. The fourth-order valence-electron chi connectivity index (χ4n) is 3.24. The molecule has 0 saturated carbocycles. The third kappa shape index (κ3) is 5.08. The van der Waals surface area contributed by atoms with Crippen molar-refractivity contribution in [2.75, 3.05) is 26.2 Å². The van der Waals surface area contributed by atoms with Crippen molar-refractivity contribution in [2.45, 2.75) is 32.4 Å². The van der Waals surface area contributed by atoms with Gasteiger partial charge in [0.05, 0.1) is 6.20 Å². The Morgan fingerprint density at radius 1 is 1.25 bits per heavy atom. The van der Waals surface area contributed by atoms with E-state index in [0.717, 1.165) is 38.2 Å². The molecule has 3 rings (SSSR count). The molecule has 2 aromatic rings. The number of likely N-dealkylation sites (tertiary alicyclic amines) is 1. The Morgan fingerprint density at radius 3 is 2.67 bits per heavy atom. The van der Waals surface area contributed by atoms with Crippen LogP contribution in [-0.2, 0) is 6.54 Å². The van der Waals surface area contributed by atoms with Gasteiger partial charge in [0.2, 0.25) is 0 Å². The maximum atomic E-state index is 10.2. The van der Waals surface area contributed by atoms with E-state index in [9.17, 15) is 5.11 Å². The highest BCUT2D eigenvalue weighted by molar-refractivity contribution is 5.20. The monoisotopic (exact) mass is 329 g/mol. The molecule has 0 radical (unpaired) electrons. The summed E-state index contributed by atoms with van der Waals surface area (Å²) in [7, 11) is 0. The van der Waals surface area contributed by atoms with Gasteiger partial charge in [-0.15, -0.1) is 0 Å². The lowest BCUT2D eigenvalue weighted by Crippen LogP contribution is -2.41. The normalized spacial score (nSPS) is 17.8. The van der Waals surface area contributed by atoms with Gasteiger partial charge in [-0.25, -0.2) is 0 Å². The smallest absolute Gasteiger partial charge is 0.119 e. The number of benzene rings is 1. The number of para-hydroxylation sites is 1. The topological polar surface area (TPSA) is 50.5 Å². The van der Waals surface area contributed by atoms with Crippen molar-refractivity contribution >= 4 is 0 Å². The molecule has 5 nitrogen and oxygen atoms in total. The maximum absolute atomic E-state index is 10.2. The molecule has 1 aromatic carbocycles. The lowest BCUT2D eigenvalue weighted by Gasteiger charge is -2.33. The van der Waals surface area contributed by atoms with E-state index >= 15 is 0 Å². The minimum Gasteiger partial charge on any atom is -0.491 e. The van der Waals surface area contributed by atoms with Crippen LogP contribution >= 0.6 is 0 Å². The van der Waals surface area contributed by atoms with Crippen LogP contribution in [0.25, 0.3) is 0 Å². The second kappa shape index (κ2) is 8.31. The number of aliphatic hydroxyl groups is 1. The first-order valence-corrected chi connectivity index (χ1v) is 8.76. The lowest BCUT2D eigenvalue weighted by atomic mass is 9.96. The van der Waals surface area contributed by atoms with E-state index in [1.807, 2.05) is 36.5 Å². The SMILES string of the molecule is Cc1cnn(CC2CCN(C[C@H](O)COc3ccccc3)CC2)c1. The first-order valence-electron chi connectivity index (χ1n) is 8.76. The molecule has 1 saturated heterocycles. The number of hydrogen-bond donors (Lipinski definition) is 1. The van der Waals surface area contributed by atoms with E-state index in [-0.39, 0.29) is 0 Å². The molecule has 0 spiro atoms. The number of aliphatic hydroxyl groups excluding tert-OH is 1. The summed E-state index contributed by atoms with van der Waals surface area (Å²) in [5.41, 5.74) is 1.22. The van der Waals surface area contributed by atoms with E-state index in [1.165, 1.54) is 5.56 Å². The van der Waals surface area contributed by atoms with E-state index in [2.05, 4.69) is 27.8 Å². The Kier molecular flexibility index (Phi) is 5.88. The van der Waals surface area contributed by atoms with Gasteiger partial charge < -0.3 is 14.7 Å². The summed E-state index contributed by atoms with van der Waals surface area (Å²) in [4.78, 5) is 2.34. The molecule has 130 valence electrons. The maximum Gasteiger partial charge on any atom is 0.119 e. The average molecular weight is 329 g/mol. The number of β-amino-alcohol motifs (C(OH)–C–C–N with tert-alkyl or cyclic N) is 1. The molecule has 5 heteroatoms. The summed E-state index contributed by atoms with van der Waals surface area (Å²) in [6.07, 6.45) is 5.89. The summed E-state index contributed by atoms with van der Waals surface area (Å²) in [5.74, 6) is 1.49. The van der Waals surface area contributed by atoms with Gasteiger partial charge in [-0.3, -0.25) is 4.68 Å². The largest absolute Gasteiger partial charge is 0.491 e. The van der Waals surface area contributed by atoms with Crippen LogP contribution < -0.4 is 4.74 Å². The minimum atomic E-state index is -0.449. The van der Waals surface area contributed by atoms with Gasteiger partial charge >= 0.3 is 0 Å². The van der Waals surface area contributed by atoms with E-state index in [0.29, 0.717) is 19.1 Å². The Hall–Kier alpha value is -1.85. The molecule has 2 heterocycles. The first kappa shape index (κ1) is 17.0. The highest BCUT2D eigenvalue weighted by Gasteiger charge is 2.21. The fraction of sp³-hybridized carbons (Fsp3) is 0.526. The molecule has 1 aliphatic heterocycles. The van der Waals surface area contributed by atoms with Crippen molar-refractivity contribution in [3.8, 4) is 5.75 Å². The minimum absolute atomic E-state index is 0.344. The van der Waals surface area contributed by atoms with Crippen LogP contribution in [0.2, 0.25) is 0 Å². The molecule has 0 amide bonds. The lowest BCUT2D eigenvalue weighted by molar-refractivity contribution is 0.0534. The molecule has 0 unspecified atom stereocenters. The van der Waals surface area contributed by atoms with Crippen LogP contribution in [0.5, 0.6) is 5.75 Å². The van der Waals surface area contributed by atoms with Crippen molar-refractivity contribution in [2.24, 2.45) is 5.92 Å². The van der Waals surface area contributed by atoms with Crippen LogP contribution in [-0.4, -0.2) is 52.1 Å². The second-order valence-electron chi connectivity index (χ2n) is 6.76. The zero-order chi connectivity index (χ0) is 16.8. The summed E-state index contributed by atoms with van der Waals surface area (Å²) in [6, 6.07) is 9.66. The number of rotatable bonds is 7. The van der Waals surface area contributed by atoms with Gasteiger partial charge in [-0.05, 0) is 56.5 Å². The second-order valence-corrected chi connectivity index (χ2v) is 6.76. The molecule has 1 aromatic heterocycles. The van der Waals surface area contributed by atoms with Crippen molar-refractivity contribution in [3.05, 3.63) is 48.3 Å². The highest BCUT2D eigenvalue weighted by atomic mass is 16.5. The Morgan fingerprint density at radius 2 is 2.00 bits per heavy atom. The van der Waals surface area contributed by atoms with Gasteiger partial charge in [0.15, 0.2) is 0 Å². The number of aromatic nitrogens is 2. The molecule has 0 bridgehead atoms. The number of aryl methyl sites for hydroxylation is 1. The van der Waals surface area contributed by atoms with Gasteiger partial charge in [0.1, 0.15) is 18.5 Å². The van der Waals surface area contributed by atoms with Crippen LogP contribution in [0.4, 0.5) is 0 Å². The molecular weight excluding hydrogens is 302 g/mol. The first-order chi connectivity index (χ1) is 11.7. The van der Waals surface area contributed by atoms with Gasteiger partial charge in [-0.1, -0.05) is 18.2 Å². The quantitative estimate of drug-likeness (QED) is 0.847. The summed E-state index contributed by atoms with van der Waals surface area (Å²) in [6.45, 7) is 6.17. The summed E-state index contributed by atoms with van der Waals surface area (Å²) in [5, 5.41) is 14.6. The predicted molar refractivity (Wildman–Crippen MR) is 94.1 cm³/mol. The standard InChI is InChI=1S/C19H27N3O2/c1-16-11-20-22(12-16)13-17-7-9-21(10-8-17)14-18(23)15-24-19-5-3-2-4-6-19/h2-6,11-12,17-18,23H,7-10,13-15H2,1H3/t18-/m0/s1. The molecule has 1 atom stereocenters. The van der Waals surface area contributed by atoms with Crippen molar-refractivity contribution < 1.29 is 9.84 Å². The van der Waals surface area contributed by atoms with Gasteiger partial charge in [-0.2, -0.15) is 5.10 Å². The van der Waals surface area contributed by atoms with E-state index in [1.54, 1.807) is 0 Å². The zero-order valence-corrected chi connectivity index (χ0v) is 14.3. The summed E-state index contributed by atoms with van der Waals surface area (Å²) < 4.78 is 7.68. The van der Waals surface area contributed by atoms with E-state index in [4.69, 9.17) is 4.74 Å². The Bertz CT molecular complexity index is 606. The number of hydrogen-bond acceptors (Lipinski definition) is 4. The molecule has 1 fully saturated rings. The van der Waals surface area contributed by atoms with Crippen LogP contribution in [0, 0.1) is 12.8 Å². The van der Waals surface area contributed by atoms with Crippen molar-refractivity contribution in [1.29, 1.82) is 0 Å². The predicted octanol–water partition coefficient (Wildman–Crippen LogP) is 2.34. The number of ether oxygens (including phenoxy) is 1. The highest BCUT2D eigenvalue weighted by Crippen LogP contribution is 2.19. The van der Waals surface area contributed by atoms with Gasteiger partial charge in [0, 0.05) is 19.3 Å². The van der Waals surface area contributed by atoms with Crippen LogP contribution in [0.3, 0.4) is 0 Å². The zero-order valence-electron chi connectivity index (χ0n) is 14.3. The third-order valence-corrected chi connectivity index (χ3v) is 4.57.